The molecule has 2 rings (SSSR count). The summed E-state index contributed by atoms with van der Waals surface area (Å²) in [6.45, 7) is 2.44. The zero-order valence-corrected chi connectivity index (χ0v) is 11.6. The first-order valence-corrected chi connectivity index (χ1v) is 6.80. The summed E-state index contributed by atoms with van der Waals surface area (Å²) < 4.78 is 26.8. The van der Waals surface area contributed by atoms with E-state index in [0.717, 1.165) is 23.4 Å². The molecule has 0 unspecified atom stereocenters. The van der Waals surface area contributed by atoms with Gasteiger partial charge in [0.05, 0.1) is 0 Å². The van der Waals surface area contributed by atoms with Crippen LogP contribution in [0.4, 0.5) is 14.6 Å². The summed E-state index contributed by atoms with van der Waals surface area (Å²) in [6.07, 6.45) is 1.68. The first kappa shape index (κ1) is 13.7. The summed E-state index contributed by atoms with van der Waals surface area (Å²) in [5.74, 6) is -1.66. The number of hydrogen-bond acceptors (Lipinski definition) is 3. The van der Waals surface area contributed by atoms with Gasteiger partial charge in [-0.15, -0.1) is 0 Å². The molecule has 0 atom stereocenters. The predicted octanol–water partition coefficient (Wildman–Crippen LogP) is 2.99. The fourth-order valence-corrected chi connectivity index (χ4v) is 2.16. The second-order valence-corrected chi connectivity index (χ2v) is 5.40. The molecule has 0 bridgehead atoms. The summed E-state index contributed by atoms with van der Waals surface area (Å²) in [6, 6.07) is 3.80. The lowest BCUT2D eigenvalue weighted by atomic mass is 10.1. The van der Waals surface area contributed by atoms with Crippen molar-refractivity contribution in [3.63, 3.8) is 0 Å². The summed E-state index contributed by atoms with van der Waals surface area (Å²) in [4.78, 5) is 6.25. The minimum absolute atomic E-state index is 0.0243. The fourth-order valence-electron chi connectivity index (χ4n) is 1.93. The van der Waals surface area contributed by atoms with Gasteiger partial charge in [0, 0.05) is 49.7 Å². The molecule has 1 fully saturated rings. The van der Waals surface area contributed by atoms with Gasteiger partial charge in [-0.25, -0.2) is 13.8 Å². The van der Waals surface area contributed by atoms with Crippen LogP contribution in [0.2, 0.25) is 0 Å². The lowest BCUT2D eigenvalue weighted by Crippen LogP contribution is -2.41. The highest BCUT2D eigenvalue weighted by Crippen LogP contribution is 2.27. The van der Waals surface area contributed by atoms with Gasteiger partial charge in [0.2, 0.25) is 0 Å². The maximum absolute atomic E-state index is 12.9. The van der Waals surface area contributed by atoms with Gasteiger partial charge in [-0.3, -0.25) is 0 Å². The van der Waals surface area contributed by atoms with E-state index in [-0.39, 0.29) is 12.8 Å². The Balaban J connectivity index is 1.68. The lowest BCUT2D eigenvalue weighted by Gasteiger charge is -2.31. The van der Waals surface area contributed by atoms with Crippen molar-refractivity contribution in [2.45, 2.75) is 18.8 Å². The molecule has 2 heterocycles. The van der Waals surface area contributed by atoms with Crippen LogP contribution in [-0.2, 0) is 0 Å². The van der Waals surface area contributed by atoms with Gasteiger partial charge < -0.3 is 10.2 Å². The number of pyridine rings is 1. The van der Waals surface area contributed by atoms with Gasteiger partial charge in [-0.2, -0.15) is 0 Å². The lowest BCUT2D eigenvalue weighted by molar-refractivity contribution is -0.0543. The van der Waals surface area contributed by atoms with E-state index < -0.39 is 5.92 Å². The van der Waals surface area contributed by atoms with Gasteiger partial charge in [0.25, 0.3) is 5.92 Å². The number of nitrogens with one attached hydrogen (secondary N) is 1. The Hall–Kier alpha value is -0.750. The first-order valence-electron chi connectivity index (χ1n) is 6.01. The highest BCUT2D eigenvalue weighted by atomic mass is 79.9. The van der Waals surface area contributed by atoms with E-state index in [0.29, 0.717) is 13.1 Å². The molecule has 1 aliphatic heterocycles. The smallest absolute Gasteiger partial charge is 0.250 e. The van der Waals surface area contributed by atoms with E-state index in [9.17, 15) is 8.78 Å². The number of anilines is 1. The van der Waals surface area contributed by atoms with Crippen LogP contribution in [-0.4, -0.2) is 42.0 Å². The topological polar surface area (TPSA) is 28.2 Å². The third-order valence-corrected chi connectivity index (χ3v) is 3.52. The number of likely N-dealkylation sites (tertiary alicyclic amines) is 1. The molecule has 1 aliphatic rings. The second kappa shape index (κ2) is 5.93. The van der Waals surface area contributed by atoms with Crippen LogP contribution in [0.3, 0.4) is 0 Å². The van der Waals surface area contributed by atoms with Crippen LogP contribution < -0.4 is 5.32 Å². The van der Waals surface area contributed by atoms with E-state index in [1.54, 1.807) is 6.20 Å². The number of piperidine rings is 1. The quantitative estimate of drug-likeness (QED) is 0.924. The molecule has 0 aromatic carbocycles. The summed E-state index contributed by atoms with van der Waals surface area (Å²) in [7, 11) is 0. The third-order valence-electron chi connectivity index (χ3n) is 3.05. The highest BCUT2D eigenvalue weighted by molar-refractivity contribution is 9.10. The monoisotopic (exact) mass is 319 g/mol. The van der Waals surface area contributed by atoms with Gasteiger partial charge in [0.1, 0.15) is 5.82 Å². The minimum Gasteiger partial charge on any atom is -0.369 e. The average Bonchev–Trinajstić information content (AvgIpc) is 2.34. The fraction of sp³-hybridized carbons (Fsp3) is 0.583. The maximum Gasteiger partial charge on any atom is 0.250 e. The van der Waals surface area contributed by atoms with Crippen molar-refractivity contribution in [3.05, 3.63) is 22.8 Å². The van der Waals surface area contributed by atoms with Crippen molar-refractivity contribution in [2.75, 3.05) is 31.5 Å². The third kappa shape index (κ3) is 4.17. The van der Waals surface area contributed by atoms with E-state index in [1.165, 1.54) is 0 Å². The number of rotatable bonds is 4. The van der Waals surface area contributed by atoms with Crippen LogP contribution in [0, 0.1) is 0 Å². The Morgan fingerprint density at radius 2 is 2.06 bits per heavy atom. The zero-order chi connectivity index (χ0) is 13.0. The molecule has 100 valence electrons. The van der Waals surface area contributed by atoms with Crippen molar-refractivity contribution in [1.29, 1.82) is 0 Å². The van der Waals surface area contributed by atoms with Crippen molar-refractivity contribution >= 4 is 21.7 Å². The molecule has 0 radical (unpaired) electrons. The van der Waals surface area contributed by atoms with Crippen molar-refractivity contribution < 1.29 is 8.78 Å². The Morgan fingerprint density at radius 3 is 2.67 bits per heavy atom. The molecule has 1 aromatic rings. The standard InChI is InChI=1S/C12H16BrF2N3/c13-10-1-2-11(17-9-10)16-5-8-18-6-3-12(14,15)4-7-18/h1-2,9H,3-8H2,(H,16,17). The maximum atomic E-state index is 12.9. The molecule has 0 spiro atoms. The van der Waals surface area contributed by atoms with E-state index in [1.807, 2.05) is 12.1 Å². The Labute approximate surface area is 114 Å². The zero-order valence-electron chi connectivity index (χ0n) is 10.0. The number of hydrogen-bond donors (Lipinski definition) is 1. The largest absolute Gasteiger partial charge is 0.369 e. The van der Waals surface area contributed by atoms with Gasteiger partial charge in [0.15, 0.2) is 0 Å². The van der Waals surface area contributed by atoms with Gasteiger partial charge >= 0.3 is 0 Å². The Kier molecular flexibility index (Phi) is 4.50. The predicted molar refractivity (Wildman–Crippen MR) is 71.0 cm³/mol. The van der Waals surface area contributed by atoms with E-state index >= 15 is 0 Å². The molecule has 1 N–H and O–H groups in total. The van der Waals surface area contributed by atoms with Crippen LogP contribution >= 0.6 is 15.9 Å². The molecule has 3 nitrogen and oxygen atoms in total. The molecular weight excluding hydrogens is 304 g/mol. The molecule has 0 saturated carbocycles. The van der Waals surface area contributed by atoms with Crippen LogP contribution in [0.1, 0.15) is 12.8 Å². The van der Waals surface area contributed by atoms with Crippen molar-refractivity contribution in [3.8, 4) is 0 Å². The Bertz CT molecular complexity index is 373. The number of halogens is 3. The van der Waals surface area contributed by atoms with Gasteiger partial charge in [-0.05, 0) is 28.1 Å². The molecule has 0 amide bonds. The molecule has 1 aromatic heterocycles. The van der Waals surface area contributed by atoms with Gasteiger partial charge in [-0.1, -0.05) is 0 Å². The van der Waals surface area contributed by atoms with Crippen LogP contribution in [0.15, 0.2) is 22.8 Å². The van der Waals surface area contributed by atoms with Crippen molar-refractivity contribution in [1.82, 2.24) is 9.88 Å². The second-order valence-electron chi connectivity index (χ2n) is 4.49. The number of nitrogens with zero attached hydrogens (tertiary/aromatic N) is 2. The summed E-state index contributed by atoms with van der Waals surface area (Å²) in [5, 5.41) is 3.18. The molecule has 0 aliphatic carbocycles. The SMILES string of the molecule is FC1(F)CCN(CCNc2ccc(Br)cn2)CC1. The van der Waals surface area contributed by atoms with E-state index in [2.05, 4.69) is 31.1 Å². The highest BCUT2D eigenvalue weighted by Gasteiger charge is 2.33. The molecule has 1 saturated heterocycles. The van der Waals surface area contributed by atoms with Crippen LogP contribution in [0.5, 0.6) is 0 Å². The van der Waals surface area contributed by atoms with E-state index in [4.69, 9.17) is 0 Å². The van der Waals surface area contributed by atoms with Crippen LogP contribution in [0.25, 0.3) is 0 Å². The summed E-state index contributed by atoms with van der Waals surface area (Å²) in [5.41, 5.74) is 0. The Morgan fingerprint density at radius 1 is 1.33 bits per heavy atom. The number of alkyl halides is 2. The number of aromatic nitrogens is 1. The first-order chi connectivity index (χ1) is 8.55. The van der Waals surface area contributed by atoms with Crippen molar-refractivity contribution in [2.24, 2.45) is 0 Å². The summed E-state index contributed by atoms with van der Waals surface area (Å²) >= 11 is 3.32. The molecule has 6 heteroatoms. The molecule has 18 heavy (non-hydrogen) atoms. The minimum atomic E-state index is -2.46. The average molecular weight is 320 g/mol. The molecular formula is C12H16BrF2N3. The normalized spacial score (nSPS) is 19.7.